The number of rotatable bonds is 7. The van der Waals surface area contributed by atoms with Gasteiger partial charge in [-0.2, -0.15) is 0 Å². The van der Waals surface area contributed by atoms with Crippen molar-refractivity contribution in [3.05, 3.63) is 61.8 Å². The number of amides is 1. The molecule has 0 unspecified atom stereocenters. The molecular weight excluding hydrogens is 348 g/mol. The number of ether oxygens (including phenoxy) is 1. The Balaban J connectivity index is 1.81. The Kier molecular flexibility index (Phi) is 5.96. The maximum absolute atomic E-state index is 11.9. The van der Waals surface area contributed by atoms with E-state index in [1.54, 1.807) is 12.1 Å². The van der Waals surface area contributed by atoms with Crippen LogP contribution in [0, 0.1) is 17.0 Å². The van der Waals surface area contributed by atoms with E-state index in [0.29, 0.717) is 4.88 Å². The molecule has 0 saturated carbocycles. The number of nitrogens with one attached hydrogen (secondary N) is 1. The monoisotopic (exact) mass is 362 g/mol. The van der Waals surface area contributed by atoms with Gasteiger partial charge in [0.05, 0.1) is 9.80 Å². The predicted molar refractivity (Wildman–Crippen MR) is 89.8 cm³/mol. The van der Waals surface area contributed by atoms with Crippen molar-refractivity contribution in [1.29, 1.82) is 0 Å². The van der Waals surface area contributed by atoms with Crippen LogP contribution in [0.2, 0.25) is 0 Å². The number of hydrogen-bond acceptors (Lipinski definition) is 7. The van der Waals surface area contributed by atoms with Crippen LogP contribution in [0.5, 0.6) is 0 Å². The molecule has 2 rings (SSSR count). The molecule has 9 heteroatoms. The van der Waals surface area contributed by atoms with Crippen LogP contribution < -0.4 is 5.32 Å². The van der Waals surface area contributed by atoms with Gasteiger partial charge in [-0.1, -0.05) is 6.07 Å². The minimum absolute atomic E-state index is 0.0483. The number of esters is 1. The van der Waals surface area contributed by atoms with Crippen LogP contribution in [0.15, 0.2) is 36.4 Å². The van der Waals surface area contributed by atoms with Crippen molar-refractivity contribution in [2.75, 3.05) is 13.2 Å². The zero-order valence-corrected chi connectivity index (χ0v) is 14.0. The van der Waals surface area contributed by atoms with Crippen LogP contribution >= 0.6 is 11.3 Å². The number of carbonyl (C=O) groups excluding carboxylic acids is 3. The van der Waals surface area contributed by atoms with Crippen molar-refractivity contribution in [3.8, 4) is 0 Å². The summed E-state index contributed by atoms with van der Waals surface area (Å²) in [6.07, 6.45) is 0. The summed E-state index contributed by atoms with van der Waals surface area (Å²) in [5.74, 6) is -1.75. The van der Waals surface area contributed by atoms with E-state index in [4.69, 9.17) is 4.74 Å². The summed E-state index contributed by atoms with van der Waals surface area (Å²) in [4.78, 5) is 46.8. The first kappa shape index (κ1) is 18.3. The quantitative estimate of drug-likeness (QED) is 0.349. The topological polar surface area (TPSA) is 116 Å². The lowest BCUT2D eigenvalue weighted by atomic mass is 10.2. The van der Waals surface area contributed by atoms with Gasteiger partial charge in [0.15, 0.2) is 6.61 Å². The molecule has 1 heterocycles. The largest absolute Gasteiger partial charge is 0.456 e. The molecule has 0 bridgehead atoms. The van der Waals surface area contributed by atoms with E-state index in [9.17, 15) is 24.5 Å². The van der Waals surface area contributed by atoms with Gasteiger partial charge in [-0.05, 0) is 25.1 Å². The highest BCUT2D eigenvalue weighted by Gasteiger charge is 2.14. The minimum Gasteiger partial charge on any atom is -0.456 e. The molecule has 25 heavy (non-hydrogen) atoms. The average molecular weight is 362 g/mol. The van der Waals surface area contributed by atoms with Crippen molar-refractivity contribution in [2.24, 2.45) is 0 Å². The molecule has 0 aliphatic carbocycles. The number of carbonyl (C=O) groups is 3. The molecule has 0 aliphatic rings. The van der Waals surface area contributed by atoms with Gasteiger partial charge >= 0.3 is 5.97 Å². The molecule has 1 aromatic heterocycles. The lowest BCUT2D eigenvalue weighted by molar-refractivity contribution is -0.384. The number of aryl methyl sites for hydroxylation is 1. The minimum atomic E-state index is -0.777. The third-order valence-corrected chi connectivity index (χ3v) is 4.13. The lowest BCUT2D eigenvalue weighted by Gasteiger charge is -2.06. The van der Waals surface area contributed by atoms with Crippen molar-refractivity contribution in [3.63, 3.8) is 0 Å². The van der Waals surface area contributed by atoms with E-state index in [1.165, 1.54) is 29.5 Å². The zero-order chi connectivity index (χ0) is 18.4. The number of ketones is 1. The lowest BCUT2D eigenvalue weighted by Crippen LogP contribution is -2.31. The first-order valence-electron chi connectivity index (χ1n) is 7.14. The molecule has 2 aromatic rings. The van der Waals surface area contributed by atoms with Crippen molar-refractivity contribution >= 4 is 34.7 Å². The Bertz CT molecular complexity index is 830. The van der Waals surface area contributed by atoms with Crippen LogP contribution in [0.25, 0.3) is 0 Å². The summed E-state index contributed by atoms with van der Waals surface area (Å²) >= 11 is 1.30. The molecule has 1 amide bonds. The van der Waals surface area contributed by atoms with E-state index in [1.807, 2.05) is 6.92 Å². The van der Waals surface area contributed by atoms with E-state index in [0.717, 1.165) is 10.9 Å². The zero-order valence-electron chi connectivity index (χ0n) is 13.2. The van der Waals surface area contributed by atoms with Crippen LogP contribution in [0.3, 0.4) is 0 Å². The molecule has 0 atom stereocenters. The van der Waals surface area contributed by atoms with Crippen LogP contribution in [-0.2, 0) is 9.53 Å². The van der Waals surface area contributed by atoms with E-state index >= 15 is 0 Å². The second-order valence-corrected chi connectivity index (χ2v) is 6.27. The highest BCUT2D eigenvalue weighted by molar-refractivity contribution is 7.14. The van der Waals surface area contributed by atoms with Gasteiger partial charge in [0.25, 0.3) is 11.6 Å². The van der Waals surface area contributed by atoms with Gasteiger partial charge in [0, 0.05) is 22.6 Å². The maximum atomic E-state index is 11.9. The molecule has 0 radical (unpaired) electrons. The number of benzene rings is 1. The fraction of sp³-hybridized carbons (Fsp3) is 0.188. The fourth-order valence-electron chi connectivity index (χ4n) is 1.87. The number of non-ortho nitro benzene ring substituents is 1. The molecule has 0 spiro atoms. The number of nitro benzene ring substituents is 1. The number of thiophene rings is 1. The van der Waals surface area contributed by atoms with Gasteiger partial charge in [0.1, 0.15) is 6.54 Å². The van der Waals surface area contributed by atoms with E-state index in [-0.39, 0.29) is 17.0 Å². The second kappa shape index (κ2) is 8.15. The summed E-state index contributed by atoms with van der Waals surface area (Å²) in [6.45, 7) is 1.00. The molecule has 0 saturated heterocycles. The highest BCUT2D eigenvalue weighted by Crippen LogP contribution is 2.15. The molecule has 130 valence electrons. The smallest absolute Gasteiger partial charge is 0.325 e. The van der Waals surface area contributed by atoms with Crippen molar-refractivity contribution in [1.82, 2.24) is 5.32 Å². The average Bonchev–Trinajstić information content (AvgIpc) is 3.04. The molecule has 1 aromatic carbocycles. The Morgan fingerprint density at radius 2 is 2.00 bits per heavy atom. The summed E-state index contributed by atoms with van der Waals surface area (Å²) in [5, 5.41) is 13.0. The summed E-state index contributed by atoms with van der Waals surface area (Å²) in [7, 11) is 0. The standard InChI is InChI=1S/C16H14N2O6S/c1-10-5-6-14(25-10)13(19)9-24-15(20)8-17-16(21)11-3-2-4-12(7-11)18(22)23/h2-7H,8-9H2,1H3,(H,17,21). The summed E-state index contributed by atoms with van der Waals surface area (Å²) in [5.41, 5.74) is -0.181. The number of nitro groups is 1. The Hall–Kier alpha value is -3.07. The van der Waals surface area contributed by atoms with E-state index in [2.05, 4.69) is 5.32 Å². The first-order chi connectivity index (χ1) is 11.9. The molecule has 0 fully saturated rings. The number of hydrogen-bond donors (Lipinski definition) is 1. The molecule has 8 nitrogen and oxygen atoms in total. The van der Waals surface area contributed by atoms with Crippen molar-refractivity contribution < 1.29 is 24.0 Å². The maximum Gasteiger partial charge on any atom is 0.325 e. The predicted octanol–water partition coefficient (Wildman–Crippen LogP) is 2.12. The highest BCUT2D eigenvalue weighted by atomic mass is 32.1. The van der Waals surface area contributed by atoms with Crippen molar-refractivity contribution in [2.45, 2.75) is 6.92 Å². The Labute approximate surface area is 146 Å². The van der Waals surface area contributed by atoms with Crippen LogP contribution in [0.4, 0.5) is 5.69 Å². The first-order valence-corrected chi connectivity index (χ1v) is 7.96. The number of Topliss-reactive ketones (excluding diaryl/α,β-unsaturated/α-hetero) is 1. The molecule has 0 aliphatic heterocycles. The normalized spacial score (nSPS) is 10.1. The van der Waals surface area contributed by atoms with Gasteiger partial charge in [0.2, 0.25) is 5.78 Å². The molecular formula is C16H14N2O6S. The van der Waals surface area contributed by atoms with Gasteiger partial charge in [-0.3, -0.25) is 24.5 Å². The van der Waals surface area contributed by atoms with E-state index < -0.39 is 30.0 Å². The third kappa shape index (κ3) is 5.21. The second-order valence-electron chi connectivity index (χ2n) is 4.98. The van der Waals surface area contributed by atoms with Crippen LogP contribution in [-0.4, -0.2) is 35.7 Å². The molecule has 1 N–H and O–H groups in total. The SMILES string of the molecule is Cc1ccc(C(=O)COC(=O)CNC(=O)c2cccc([N+](=O)[O-])c2)s1. The fourth-order valence-corrected chi connectivity index (χ4v) is 2.66. The van der Waals surface area contributed by atoms with Gasteiger partial charge < -0.3 is 10.1 Å². The van der Waals surface area contributed by atoms with Gasteiger partial charge in [-0.25, -0.2) is 0 Å². The number of nitrogens with zero attached hydrogens (tertiary/aromatic N) is 1. The van der Waals surface area contributed by atoms with Crippen LogP contribution in [0.1, 0.15) is 24.9 Å². The Morgan fingerprint density at radius 1 is 1.24 bits per heavy atom. The summed E-state index contributed by atoms with van der Waals surface area (Å²) in [6, 6.07) is 8.55. The summed E-state index contributed by atoms with van der Waals surface area (Å²) < 4.78 is 4.81. The third-order valence-electron chi connectivity index (χ3n) is 3.09. The van der Waals surface area contributed by atoms with Gasteiger partial charge in [-0.15, -0.1) is 11.3 Å². The Morgan fingerprint density at radius 3 is 2.64 bits per heavy atom.